The second kappa shape index (κ2) is 11.1. The van der Waals surface area contributed by atoms with Crippen LogP contribution in [0.4, 0.5) is 0 Å². The third kappa shape index (κ3) is 7.87. The molecule has 1 heterocycles. The Labute approximate surface area is 137 Å². The number of nitrogens with zero attached hydrogens (tertiary/aromatic N) is 1. The number of hydrogen-bond acceptors (Lipinski definition) is 6. The van der Waals surface area contributed by atoms with Crippen LogP contribution in [0.5, 0.6) is 0 Å². The van der Waals surface area contributed by atoms with Crippen molar-refractivity contribution in [1.82, 2.24) is 10.3 Å². The molecule has 0 bridgehead atoms. The van der Waals surface area contributed by atoms with Crippen molar-refractivity contribution in [3.05, 3.63) is 36.2 Å². The van der Waals surface area contributed by atoms with Crippen molar-refractivity contribution in [2.45, 2.75) is 32.4 Å². The zero-order valence-electron chi connectivity index (χ0n) is 13.5. The normalized spacial score (nSPS) is 10.7. The monoisotopic (exact) mass is 323 g/mol. The van der Waals surface area contributed by atoms with Crippen LogP contribution in [0.3, 0.4) is 0 Å². The third-order valence-electron chi connectivity index (χ3n) is 2.99. The maximum absolute atomic E-state index is 11.8. The molecule has 0 aliphatic heterocycles. The molecule has 3 N–H and O–H groups in total. The van der Waals surface area contributed by atoms with Gasteiger partial charge in [-0.05, 0) is 30.5 Å². The molecule has 1 rings (SSSR count). The Balaban J connectivity index is 0. The van der Waals surface area contributed by atoms with Gasteiger partial charge in [0.2, 0.25) is 5.91 Å². The molecule has 0 saturated heterocycles. The van der Waals surface area contributed by atoms with Crippen molar-refractivity contribution >= 4 is 24.2 Å². The molecule has 0 unspecified atom stereocenters. The summed E-state index contributed by atoms with van der Waals surface area (Å²) in [5, 5.41) is 2.69. The van der Waals surface area contributed by atoms with Crippen molar-refractivity contribution in [1.29, 1.82) is 0 Å². The van der Waals surface area contributed by atoms with Crippen LogP contribution < -0.4 is 11.1 Å². The molecule has 0 spiro atoms. The highest BCUT2D eigenvalue weighted by molar-refractivity contribution is 5.82. The predicted octanol–water partition coefficient (Wildman–Crippen LogP) is 1.07. The van der Waals surface area contributed by atoms with E-state index in [0.717, 1.165) is 16.8 Å². The zero-order chi connectivity index (χ0) is 17.8. The highest BCUT2D eigenvalue weighted by Crippen LogP contribution is 2.09. The van der Waals surface area contributed by atoms with Crippen molar-refractivity contribution in [3.63, 3.8) is 0 Å². The Kier molecular flexibility index (Phi) is 9.86. The fourth-order valence-electron chi connectivity index (χ4n) is 1.60. The van der Waals surface area contributed by atoms with E-state index in [1.54, 1.807) is 6.20 Å². The van der Waals surface area contributed by atoms with Crippen LogP contribution in [0, 0.1) is 0 Å². The first kappa shape index (κ1) is 20.5. The molecule has 0 aliphatic rings. The molecule has 23 heavy (non-hydrogen) atoms. The Morgan fingerprint density at radius 1 is 1.43 bits per heavy atom. The lowest BCUT2D eigenvalue weighted by atomic mass is 10.1. The summed E-state index contributed by atoms with van der Waals surface area (Å²) in [4.78, 5) is 35.0. The third-order valence-corrected chi connectivity index (χ3v) is 2.99. The van der Waals surface area contributed by atoms with Gasteiger partial charge in [0.1, 0.15) is 6.79 Å². The molecule has 1 aromatic rings. The number of amides is 1. The van der Waals surface area contributed by atoms with Gasteiger partial charge < -0.3 is 20.6 Å². The standard InChI is InChI=1S/C15H21N3O3.CH2O.H2/c1-10(2)11-4-5-12(17-8-11)9-18-15(20)13(16)6-7-14(19)21-3;1-2;/h4-5,8,13H,1,6-7,9,16H2,2-3H3,(H,18,20);1H2;1H/t13-;;/m1../s1. The van der Waals surface area contributed by atoms with Crippen LogP contribution in [0.2, 0.25) is 0 Å². The predicted molar refractivity (Wildman–Crippen MR) is 89.3 cm³/mol. The van der Waals surface area contributed by atoms with Crippen molar-refractivity contribution in [2.75, 3.05) is 7.11 Å². The van der Waals surface area contributed by atoms with E-state index in [1.165, 1.54) is 7.11 Å². The van der Waals surface area contributed by atoms with Gasteiger partial charge >= 0.3 is 5.97 Å². The van der Waals surface area contributed by atoms with E-state index in [2.05, 4.69) is 21.6 Å². The van der Waals surface area contributed by atoms with Crippen molar-refractivity contribution in [3.8, 4) is 0 Å². The van der Waals surface area contributed by atoms with Gasteiger partial charge in [-0.2, -0.15) is 0 Å². The quantitative estimate of drug-likeness (QED) is 0.726. The first-order valence-corrected chi connectivity index (χ1v) is 6.93. The van der Waals surface area contributed by atoms with Gasteiger partial charge in [0.25, 0.3) is 0 Å². The van der Waals surface area contributed by atoms with E-state index in [9.17, 15) is 9.59 Å². The topological polar surface area (TPSA) is 111 Å². The highest BCUT2D eigenvalue weighted by atomic mass is 16.5. The number of pyridine rings is 1. The molecule has 0 aromatic carbocycles. The molecule has 0 fully saturated rings. The number of ether oxygens (including phenoxy) is 1. The van der Waals surface area contributed by atoms with Crippen LogP contribution >= 0.6 is 0 Å². The number of carbonyl (C=O) groups is 3. The first-order valence-electron chi connectivity index (χ1n) is 6.93. The number of nitrogens with two attached hydrogens (primary N) is 1. The van der Waals surface area contributed by atoms with Crippen molar-refractivity contribution < 1.29 is 20.5 Å². The number of allylic oxidation sites excluding steroid dienone is 1. The van der Waals surface area contributed by atoms with Gasteiger partial charge in [-0.3, -0.25) is 14.6 Å². The molecule has 0 radical (unpaired) electrons. The number of carbonyl (C=O) groups excluding carboxylic acids is 3. The van der Waals surface area contributed by atoms with Crippen LogP contribution in [0.15, 0.2) is 24.9 Å². The Morgan fingerprint density at radius 2 is 2.09 bits per heavy atom. The van der Waals surface area contributed by atoms with E-state index in [-0.39, 0.29) is 26.1 Å². The SMILES string of the molecule is C=C(C)c1ccc(CNC(=O)[C@H](N)CCC(=O)OC)nc1.C=O.[HH]. The average molecular weight is 323 g/mol. The van der Waals surface area contributed by atoms with Gasteiger partial charge in [-0.1, -0.05) is 12.6 Å². The van der Waals surface area contributed by atoms with Gasteiger partial charge in [0.15, 0.2) is 0 Å². The Morgan fingerprint density at radius 3 is 2.57 bits per heavy atom. The second-order valence-electron chi connectivity index (χ2n) is 4.76. The van der Waals surface area contributed by atoms with Crippen LogP contribution in [0.1, 0.15) is 32.4 Å². The molecule has 1 aromatic heterocycles. The van der Waals surface area contributed by atoms with Gasteiger partial charge in [0.05, 0.1) is 25.4 Å². The largest absolute Gasteiger partial charge is 0.469 e. The number of methoxy groups -OCH3 is 1. The Bertz CT molecular complexity index is 535. The molecule has 7 heteroatoms. The van der Waals surface area contributed by atoms with Crippen molar-refractivity contribution in [2.24, 2.45) is 5.73 Å². The van der Waals surface area contributed by atoms with Crippen LogP contribution in [-0.2, 0) is 25.7 Å². The summed E-state index contributed by atoms with van der Waals surface area (Å²) in [6.07, 6.45) is 2.08. The minimum atomic E-state index is -0.737. The van der Waals surface area contributed by atoms with E-state index >= 15 is 0 Å². The summed E-state index contributed by atoms with van der Waals surface area (Å²) in [5.74, 6) is -0.694. The number of rotatable bonds is 7. The molecule has 1 amide bonds. The van der Waals surface area contributed by atoms with Gasteiger partial charge in [-0.15, -0.1) is 0 Å². The molecule has 0 aliphatic carbocycles. The molecular weight excluding hydrogens is 298 g/mol. The molecule has 128 valence electrons. The number of nitrogens with one attached hydrogen (secondary N) is 1. The second-order valence-corrected chi connectivity index (χ2v) is 4.76. The van der Waals surface area contributed by atoms with E-state index in [0.29, 0.717) is 6.54 Å². The summed E-state index contributed by atoms with van der Waals surface area (Å²) in [5.41, 5.74) is 8.32. The van der Waals surface area contributed by atoms with Crippen LogP contribution in [-0.4, -0.2) is 36.8 Å². The Hall–Kier alpha value is -2.54. The minimum absolute atomic E-state index is 0. The molecule has 1 atom stereocenters. The first-order chi connectivity index (χ1) is 10.9. The van der Waals surface area contributed by atoms with E-state index < -0.39 is 6.04 Å². The summed E-state index contributed by atoms with van der Waals surface area (Å²) >= 11 is 0. The number of aromatic nitrogens is 1. The maximum atomic E-state index is 11.8. The minimum Gasteiger partial charge on any atom is -0.469 e. The maximum Gasteiger partial charge on any atom is 0.305 e. The summed E-state index contributed by atoms with van der Waals surface area (Å²) in [6.45, 7) is 8.02. The lowest BCUT2D eigenvalue weighted by molar-refractivity contribution is -0.140. The molecule has 0 saturated carbocycles. The molecular formula is C16H25N3O4. The lowest BCUT2D eigenvalue weighted by Gasteiger charge is -2.11. The summed E-state index contributed by atoms with van der Waals surface area (Å²) in [6, 6.07) is 2.98. The highest BCUT2D eigenvalue weighted by Gasteiger charge is 2.15. The fourth-order valence-corrected chi connectivity index (χ4v) is 1.60. The zero-order valence-corrected chi connectivity index (χ0v) is 13.5. The summed E-state index contributed by atoms with van der Waals surface area (Å²) < 4.78 is 4.50. The van der Waals surface area contributed by atoms with Crippen LogP contribution in [0.25, 0.3) is 5.57 Å². The van der Waals surface area contributed by atoms with Gasteiger partial charge in [0, 0.05) is 14.0 Å². The smallest absolute Gasteiger partial charge is 0.305 e. The average Bonchev–Trinajstić information content (AvgIpc) is 2.59. The van der Waals surface area contributed by atoms with E-state index in [1.807, 2.05) is 25.8 Å². The number of hydrogen-bond donors (Lipinski definition) is 2. The summed E-state index contributed by atoms with van der Waals surface area (Å²) in [7, 11) is 1.30. The molecule has 7 nitrogen and oxygen atoms in total. The fraction of sp³-hybridized carbons (Fsp3) is 0.375. The number of esters is 1. The van der Waals surface area contributed by atoms with Gasteiger partial charge in [-0.25, -0.2) is 0 Å². The van der Waals surface area contributed by atoms with E-state index in [4.69, 9.17) is 10.5 Å². The lowest BCUT2D eigenvalue weighted by Crippen LogP contribution is -2.40.